The number of aliphatic imine (C=N–C) groups is 1. The second-order valence-electron chi connectivity index (χ2n) is 7.05. The summed E-state index contributed by atoms with van der Waals surface area (Å²) in [4.78, 5) is 39.2. The Balaban J connectivity index is 1.86. The third-order valence-corrected chi connectivity index (χ3v) is 4.87. The molecular weight excluding hydrogens is 394 g/mol. The number of nitrogens with one attached hydrogen (secondary N) is 2. The molecule has 2 heterocycles. The first-order valence-electron chi connectivity index (χ1n) is 9.77. The van der Waals surface area contributed by atoms with Crippen molar-refractivity contribution in [2.24, 2.45) is 4.99 Å². The molecule has 0 bridgehead atoms. The fraction of sp³-hybridized carbons (Fsp3) is 0.130. The molecule has 0 saturated heterocycles. The minimum absolute atomic E-state index is 0.0593. The van der Waals surface area contributed by atoms with Crippen molar-refractivity contribution in [1.82, 2.24) is 19.5 Å². The van der Waals surface area contributed by atoms with Crippen LogP contribution in [0.25, 0.3) is 5.69 Å². The molecule has 156 valence electrons. The van der Waals surface area contributed by atoms with Crippen LogP contribution in [0.1, 0.15) is 22.4 Å². The Kier molecular flexibility index (Phi) is 5.61. The fourth-order valence-corrected chi connectivity index (χ4v) is 3.29. The van der Waals surface area contributed by atoms with Crippen molar-refractivity contribution in [1.29, 1.82) is 0 Å². The molecule has 0 aliphatic carbocycles. The van der Waals surface area contributed by atoms with Gasteiger partial charge in [-0.2, -0.15) is 0 Å². The van der Waals surface area contributed by atoms with E-state index in [0.29, 0.717) is 29.9 Å². The largest absolute Gasteiger partial charge is 0.493 e. The normalized spacial score (nSPS) is 11.6. The molecule has 8 nitrogen and oxygen atoms in total. The number of aromatic nitrogens is 4. The lowest BCUT2D eigenvalue weighted by Crippen LogP contribution is -2.33. The Morgan fingerprint density at radius 2 is 1.84 bits per heavy atom. The molecule has 8 heteroatoms. The van der Waals surface area contributed by atoms with Crippen molar-refractivity contribution in [2.45, 2.75) is 13.3 Å². The Morgan fingerprint density at radius 1 is 1.10 bits per heavy atom. The van der Waals surface area contributed by atoms with Crippen LogP contribution in [0.5, 0.6) is 5.88 Å². The zero-order valence-electron chi connectivity index (χ0n) is 16.9. The highest BCUT2D eigenvalue weighted by Crippen LogP contribution is 2.20. The highest BCUT2D eigenvalue weighted by Gasteiger charge is 2.21. The zero-order valence-corrected chi connectivity index (χ0v) is 16.9. The maximum Gasteiger partial charge on any atom is 0.335 e. The van der Waals surface area contributed by atoms with Crippen molar-refractivity contribution >= 4 is 5.71 Å². The number of nitrogens with zero attached hydrogens (tertiary/aromatic N) is 3. The predicted molar refractivity (Wildman–Crippen MR) is 118 cm³/mol. The van der Waals surface area contributed by atoms with Gasteiger partial charge in [-0.1, -0.05) is 48.0 Å². The molecule has 0 atom stereocenters. The molecule has 4 rings (SSSR count). The van der Waals surface area contributed by atoms with Crippen molar-refractivity contribution in [3.63, 3.8) is 0 Å². The molecule has 3 N–H and O–H groups in total. The quantitative estimate of drug-likeness (QED) is 0.419. The molecule has 2 aromatic heterocycles. The SMILES string of the molecule is Cc1ccc(-n2c(O)c(C(=NCCc3cnc[nH]3)c3ccccc3)c(=O)[nH]c2=O)cc1. The molecule has 0 amide bonds. The number of rotatable bonds is 6. The van der Waals surface area contributed by atoms with E-state index in [1.807, 2.05) is 37.3 Å². The lowest BCUT2D eigenvalue weighted by atomic mass is 10.0. The summed E-state index contributed by atoms with van der Waals surface area (Å²) in [5.41, 5.74) is 1.83. The van der Waals surface area contributed by atoms with Crippen LogP contribution in [0.2, 0.25) is 0 Å². The Morgan fingerprint density at radius 3 is 2.52 bits per heavy atom. The van der Waals surface area contributed by atoms with Gasteiger partial charge in [-0.3, -0.25) is 14.8 Å². The van der Waals surface area contributed by atoms with Gasteiger partial charge in [0.25, 0.3) is 5.56 Å². The summed E-state index contributed by atoms with van der Waals surface area (Å²) in [7, 11) is 0. The molecular formula is C23H21N5O3. The lowest BCUT2D eigenvalue weighted by Gasteiger charge is -2.14. The predicted octanol–water partition coefficient (Wildman–Crippen LogP) is 2.34. The molecule has 31 heavy (non-hydrogen) atoms. The van der Waals surface area contributed by atoms with E-state index in [4.69, 9.17) is 0 Å². The molecule has 0 radical (unpaired) electrons. The van der Waals surface area contributed by atoms with Gasteiger partial charge in [0.05, 0.1) is 17.7 Å². The van der Waals surface area contributed by atoms with Gasteiger partial charge in [-0.05, 0) is 19.1 Å². The van der Waals surface area contributed by atoms with Gasteiger partial charge in [0, 0.05) is 30.4 Å². The number of H-pyrrole nitrogens is 2. The van der Waals surface area contributed by atoms with Crippen LogP contribution in [0.4, 0.5) is 0 Å². The van der Waals surface area contributed by atoms with Crippen LogP contribution in [-0.2, 0) is 6.42 Å². The molecule has 0 aliphatic rings. The molecule has 0 spiro atoms. The first kappa shape index (κ1) is 20.1. The summed E-state index contributed by atoms with van der Waals surface area (Å²) in [5.74, 6) is -0.457. The standard InChI is InChI=1S/C23H21N5O3/c1-15-7-9-18(10-8-15)28-22(30)19(21(29)27-23(28)31)20(16-5-3-2-4-6-16)25-12-11-17-13-24-14-26-17/h2-10,13-14,30H,11-12H2,1H3,(H,24,26)(H,27,29,31). The van der Waals surface area contributed by atoms with Crippen LogP contribution in [0, 0.1) is 6.92 Å². The Hall–Kier alpha value is -4.20. The summed E-state index contributed by atoms with van der Waals surface area (Å²) in [5, 5.41) is 11.0. The number of aromatic amines is 2. The van der Waals surface area contributed by atoms with E-state index in [9.17, 15) is 14.7 Å². The third kappa shape index (κ3) is 4.23. The smallest absolute Gasteiger partial charge is 0.335 e. The molecule has 0 saturated carbocycles. The number of aryl methyl sites for hydroxylation is 1. The van der Waals surface area contributed by atoms with Crippen LogP contribution in [0.3, 0.4) is 0 Å². The average Bonchev–Trinajstić information content (AvgIpc) is 3.28. The maximum absolute atomic E-state index is 12.8. The average molecular weight is 415 g/mol. The summed E-state index contributed by atoms with van der Waals surface area (Å²) in [6.45, 7) is 2.28. The summed E-state index contributed by atoms with van der Waals surface area (Å²) in [6, 6.07) is 16.1. The van der Waals surface area contributed by atoms with E-state index in [1.54, 1.807) is 36.8 Å². The summed E-state index contributed by atoms with van der Waals surface area (Å²) in [6.07, 6.45) is 3.87. The zero-order chi connectivity index (χ0) is 21.8. The van der Waals surface area contributed by atoms with Gasteiger partial charge >= 0.3 is 5.69 Å². The fourth-order valence-electron chi connectivity index (χ4n) is 3.29. The highest BCUT2D eigenvalue weighted by molar-refractivity contribution is 6.14. The van der Waals surface area contributed by atoms with Crippen molar-refractivity contribution in [2.75, 3.05) is 6.54 Å². The summed E-state index contributed by atoms with van der Waals surface area (Å²) < 4.78 is 1.07. The topological polar surface area (TPSA) is 116 Å². The van der Waals surface area contributed by atoms with Gasteiger partial charge in [0.1, 0.15) is 5.56 Å². The van der Waals surface area contributed by atoms with Crippen molar-refractivity contribution in [3.8, 4) is 11.6 Å². The van der Waals surface area contributed by atoms with E-state index in [0.717, 1.165) is 15.8 Å². The van der Waals surface area contributed by atoms with E-state index in [-0.39, 0.29) is 5.56 Å². The number of aromatic hydroxyl groups is 1. The molecule has 2 aromatic carbocycles. The highest BCUT2D eigenvalue weighted by atomic mass is 16.3. The number of imidazole rings is 1. The minimum Gasteiger partial charge on any atom is -0.493 e. The molecule has 0 aliphatic heterocycles. The van der Waals surface area contributed by atoms with E-state index in [2.05, 4.69) is 19.9 Å². The van der Waals surface area contributed by atoms with Crippen LogP contribution >= 0.6 is 0 Å². The third-order valence-electron chi connectivity index (χ3n) is 4.87. The number of hydrogen-bond donors (Lipinski definition) is 3. The second kappa shape index (κ2) is 8.66. The summed E-state index contributed by atoms with van der Waals surface area (Å²) >= 11 is 0. The van der Waals surface area contributed by atoms with Gasteiger partial charge in [0.2, 0.25) is 5.88 Å². The molecule has 0 fully saturated rings. The van der Waals surface area contributed by atoms with Crippen LogP contribution in [0.15, 0.2) is 81.7 Å². The first-order valence-corrected chi connectivity index (χ1v) is 9.77. The van der Waals surface area contributed by atoms with Crippen LogP contribution in [-0.4, -0.2) is 36.9 Å². The first-order chi connectivity index (χ1) is 15.0. The van der Waals surface area contributed by atoms with E-state index in [1.165, 1.54) is 0 Å². The maximum atomic E-state index is 12.8. The minimum atomic E-state index is -0.722. The molecule has 0 unspecified atom stereocenters. The van der Waals surface area contributed by atoms with Crippen molar-refractivity contribution < 1.29 is 5.11 Å². The van der Waals surface area contributed by atoms with Gasteiger partial charge in [-0.15, -0.1) is 0 Å². The monoisotopic (exact) mass is 415 g/mol. The second-order valence-corrected chi connectivity index (χ2v) is 7.05. The van der Waals surface area contributed by atoms with Gasteiger partial charge in [0.15, 0.2) is 0 Å². The van der Waals surface area contributed by atoms with Crippen molar-refractivity contribution in [3.05, 3.63) is 110 Å². The van der Waals surface area contributed by atoms with Gasteiger partial charge < -0.3 is 10.1 Å². The number of hydrogen-bond acceptors (Lipinski definition) is 5. The lowest BCUT2D eigenvalue weighted by molar-refractivity contribution is 0.430. The van der Waals surface area contributed by atoms with E-state index >= 15 is 0 Å². The Labute approximate surface area is 177 Å². The van der Waals surface area contributed by atoms with E-state index < -0.39 is 17.1 Å². The Bertz CT molecular complexity index is 1320. The van der Waals surface area contributed by atoms with Gasteiger partial charge in [-0.25, -0.2) is 14.3 Å². The molecule has 4 aromatic rings. The van der Waals surface area contributed by atoms with Crippen LogP contribution < -0.4 is 11.2 Å². The number of benzene rings is 2.